The van der Waals surface area contributed by atoms with Gasteiger partial charge in [-0.2, -0.15) is 0 Å². The normalized spacial score (nSPS) is 20.9. The third kappa shape index (κ3) is 1.56. The number of benzene rings is 1. The molecule has 0 saturated carbocycles. The molecule has 104 valence electrons. The number of aryl methyl sites for hydroxylation is 1. The maximum absolute atomic E-state index is 12.2. The number of nitrogens with zero attached hydrogens (tertiary/aromatic N) is 1. The Hall–Kier alpha value is -1.76. The van der Waals surface area contributed by atoms with Gasteiger partial charge in [0.2, 0.25) is 11.5 Å². The quantitative estimate of drug-likeness (QED) is 0.748. The Morgan fingerprint density at radius 2 is 2.15 bits per heavy atom. The molecule has 0 fully saturated rings. The van der Waals surface area contributed by atoms with Crippen molar-refractivity contribution in [2.75, 3.05) is 11.1 Å². The van der Waals surface area contributed by atoms with E-state index in [9.17, 15) is 9.90 Å². The van der Waals surface area contributed by atoms with Crippen molar-refractivity contribution >= 4 is 40.7 Å². The Morgan fingerprint density at radius 1 is 1.45 bits per heavy atom. The molecule has 1 amide bonds. The van der Waals surface area contributed by atoms with Crippen LogP contribution in [-0.2, 0) is 10.4 Å². The van der Waals surface area contributed by atoms with Crippen LogP contribution in [0.4, 0.5) is 11.6 Å². The van der Waals surface area contributed by atoms with Crippen LogP contribution in [0.25, 0.3) is 0 Å². The molecule has 3 rings (SSSR count). The molecule has 8 heteroatoms. The number of aliphatic hydroxyl groups is 1. The second-order valence-electron chi connectivity index (χ2n) is 4.48. The molecule has 1 atom stereocenters. The van der Waals surface area contributed by atoms with Crippen molar-refractivity contribution in [3.05, 3.63) is 39.0 Å². The molecule has 1 aromatic heterocycles. The first-order valence-electron chi connectivity index (χ1n) is 5.61. The van der Waals surface area contributed by atoms with Crippen LogP contribution in [-0.4, -0.2) is 16.2 Å². The molecule has 2 aromatic rings. The van der Waals surface area contributed by atoms with Crippen molar-refractivity contribution in [2.45, 2.75) is 12.5 Å². The molecule has 2 heterocycles. The summed E-state index contributed by atoms with van der Waals surface area (Å²) >= 11 is 12.0. The van der Waals surface area contributed by atoms with Gasteiger partial charge in [-0.25, -0.2) is 0 Å². The monoisotopic (exact) mass is 313 g/mol. The summed E-state index contributed by atoms with van der Waals surface area (Å²) in [6, 6.07) is 2.92. The van der Waals surface area contributed by atoms with Crippen molar-refractivity contribution in [3.63, 3.8) is 0 Å². The Balaban J connectivity index is 2.34. The molecule has 6 nitrogen and oxygen atoms in total. The minimum absolute atomic E-state index is 0.0899. The molecule has 0 radical (unpaired) electrons. The lowest BCUT2D eigenvalue weighted by molar-refractivity contribution is -0.129. The first-order chi connectivity index (χ1) is 9.35. The van der Waals surface area contributed by atoms with Crippen LogP contribution < -0.4 is 11.1 Å². The van der Waals surface area contributed by atoms with Crippen LogP contribution in [0.5, 0.6) is 0 Å². The summed E-state index contributed by atoms with van der Waals surface area (Å²) < 4.78 is 4.82. The molecule has 0 saturated heterocycles. The number of fused-ring (bicyclic) bond motifs is 1. The smallest absolute Gasteiger partial charge is 0.266 e. The number of amides is 1. The molecular formula is C12H9Cl2N3O3. The lowest BCUT2D eigenvalue weighted by Gasteiger charge is -2.20. The van der Waals surface area contributed by atoms with Crippen LogP contribution in [0.1, 0.15) is 16.8 Å². The number of carbonyl (C=O) groups excluding carboxylic acids is 1. The van der Waals surface area contributed by atoms with Gasteiger partial charge in [0.1, 0.15) is 0 Å². The van der Waals surface area contributed by atoms with Gasteiger partial charge in [0, 0.05) is 10.6 Å². The fourth-order valence-corrected chi connectivity index (χ4v) is 2.93. The summed E-state index contributed by atoms with van der Waals surface area (Å²) in [4.78, 5) is 12.2. The zero-order valence-electron chi connectivity index (χ0n) is 10.2. The summed E-state index contributed by atoms with van der Waals surface area (Å²) in [5.74, 6) is -0.821. The van der Waals surface area contributed by atoms with E-state index < -0.39 is 11.5 Å². The van der Waals surface area contributed by atoms with Crippen LogP contribution in [0, 0.1) is 6.92 Å². The van der Waals surface area contributed by atoms with E-state index in [-0.39, 0.29) is 27.1 Å². The lowest BCUT2D eigenvalue weighted by Crippen LogP contribution is -2.36. The van der Waals surface area contributed by atoms with Gasteiger partial charge in [-0.05, 0) is 19.1 Å². The summed E-state index contributed by atoms with van der Waals surface area (Å²) in [5, 5.41) is 17.6. The predicted molar refractivity (Wildman–Crippen MR) is 73.7 cm³/mol. The van der Waals surface area contributed by atoms with Crippen LogP contribution in [0.15, 0.2) is 16.7 Å². The van der Waals surface area contributed by atoms with Gasteiger partial charge in [0.15, 0.2) is 0 Å². The standard InChI is InChI=1S/C12H9Cl2N3O3/c1-4-8(10(15)20-17-4)12(19)6-2-5(13)3-7(14)9(6)16-11(12)18/h2-3,19H,15H2,1H3,(H,16,18)/t12-/m0/s1. The maximum Gasteiger partial charge on any atom is 0.266 e. The average Bonchev–Trinajstić information content (AvgIpc) is 2.82. The Bertz CT molecular complexity index is 724. The molecule has 4 N–H and O–H groups in total. The van der Waals surface area contributed by atoms with Gasteiger partial charge in [-0.1, -0.05) is 28.4 Å². The summed E-state index contributed by atoms with van der Waals surface area (Å²) in [6.07, 6.45) is 0. The SMILES string of the molecule is Cc1noc(N)c1[C@]1(O)C(=O)Nc2c(Cl)cc(Cl)cc21. The number of anilines is 2. The second-order valence-corrected chi connectivity index (χ2v) is 5.33. The Labute approximate surface area is 123 Å². The molecule has 0 unspecified atom stereocenters. The van der Waals surface area contributed by atoms with Crippen molar-refractivity contribution in [1.29, 1.82) is 0 Å². The van der Waals surface area contributed by atoms with E-state index in [0.29, 0.717) is 11.4 Å². The number of carbonyl (C=O) groups is 1. The van der Waals surface area contributed by atoms with Crippen LogP contribution in [0.2, 0.25) is 10.0 Å². The lowest BCUT2D eigenvalue weighted by atomic mass is 9.87. The first-order valence-corrected chi connectivity index (χ1v) is 6.37. The molecule has 0 aliphatic carbocycles. The van der Waals surface area contributed by atoms with Gasteiger partial charge >= 0.3 is 0 Å². The highest BCUT2D eigenvalue weighted by atomic mass is 35.5. The maximum atomic E-state index is 12.2. The fraction of sp³-hybridized carbons (Fsp3) is 0.167. The number of aromatic nitrogens is 1. The molecule has 0 spiro atoms. The van der Waals surface area contributed by atoms with Crippen molar-refractivity contribution in [1.82, 2.24) is 5.16 Å². The van der Waals surface area contributed by atoms with Crippen molar-refractivity contribution < 1.29 is 14.4 Å². The van der Waals surface area contributed by atoms with Crippen LogP contribution in [0.3, 0.4) is 0 Å². The zero-order chi connectivity index (χ0) is 14.7. The Morgan fingerprint density at radius 3 is 2.75 bits per heavy atom. The number of halogens is 2. The zero-order valence-corrected chi connectivity index (χ0v) is 11.7. The molecule has 0 bridgehead atoms. The third-order valence-electron chi connectivity index (χ3n) is 3.26. The molecule has 1 aliphatic heterocycles. The highest BCUT2D eigenvalue weighted by Crippen LogP contribution is 2.47. The predicted octanol–water partition coefficient (Wildman–Crippen LogP) is 2.06. The number of nitrogens with one attached hydrogen (secondary N) is 1. The van der Waals surface area contributed by atoms with Gasteiger partial charge < -0.3 is 20.7 Å². The van der Waals surface area contributed by atoms with Gasteiger partial charge in [0.25, 0.3) is 5.91 Å². The highest BCUT2D eigenvalue weighted by molar-refractivity contribution is 6.38. The highest BCUT2D eigenvalue weighted by Gasteiger charge is 2.51. The van der Waals surface area contributed by atoms with E-state index in [1.54, 1.807) is 6.92 Å². The van der Waals surface area contributed by atoms with Crippen LogP contribution >= 0.6 is 23.2 Å². The summed E-state index contributed by atoms with van der Waals surface area (Å²) in [7, 11) is 0. The Kier molecular flexibility index (Phi) is 2.72. The molecular weight excluding hydrogens is 305 g/mol. The fourth-order valence-electron chi connectivity index (χ4n) is 2.39. The summed E-state index contributed by atoms with van der Waals surface area (Å²) in [6.45, 7) is 1.57. The van der Waals surface area contributed by atoms with Gasteiger partial charge in [-0.3, -0.25) is 4.79 Å². The third-order valence-corrected chi connectivity index (χ3v) is 3.78. The largest absolute Gasteiger partial charge is 0.371 e. The van der Waals surface area contributed by atoms with E-state index in [2.05, 4.69) is 10.5 Å². The number of hydrogen-bond donors (Lipinski definition) is 3. The number of nitrogen functional groups attached to an aromatic ring is 1. The van der Waals surface area contributed by atoms with Gasteiger partial charge in [-0.15, -0.1) is 0 Å². The van der Waals surface area contributed by atoms with Gasteiger partial charge in [0.05, 0.1) is 22.0 Å². The van der Waals surface area contributed by atoms with Crippen molar-refractivity contribution in [2.24, 2.45) is 0 Å². The van der Waals surface area contributed by atoms with E-state index in [4.69, 9.17) is 33.5 Å². The minimum atomic E-state index is -2.03. The first kappa shape index (κ1) is 13.2. The van der Waals surface area contributed by atoms with E-state index in [1.165, 1.54) is 12.1 Å². The number of nitrogens with two attached hydrogens (primary N) is 1. The topological polar surface area (TPSA) is 101 Å². The number of rotatable bonds is 1. The van der Waals surface area contributed by atoms with E-state index in [0.717, 1.165) is 0 Å². The second kappa shape index (κ2) is 4.12. The minimum Gasteiger partial charge on any atom is -0.371 e. The molecule has 1 aromatic carbocycles. The van der Waals surface area contributed by atoms with E-state index >= 15 is 0 Å². The number of hydrogen-bond acceptors (Lipinski definition) is 5. The molecule has 1 aliphatic rings. The summed E-state index contributed by atoms with van der Waals surface area (Å²) in [5.41, 5.74) is 4.55. The average molecular weight is 314 g/mol. The van der Waals surface area contributed by atoms with Crippen molar-refractivity contribution in [3.8, 4) is 0 Å². The van der Waals surface area contributed by atoms with E-state index in [1.807, 2.05) is 0 Å². The molecule has 20 heavy (non-hydrogen) atoms.